The molecule has 0 fully saturated rings. The summed E-state index contributed by atoms with van der Waals surface area (Å²) >= 11 is 1.28. The SMILES string of the molecule is Cn1nnnc1SCC(=O)NCC1COc2ccccc2O1. The number of hydrogen-bond donors (Lipinski definition) is 1. The highest BCUT2D eigenvalue weighted by atomic mass is 32.2. The van der Waals surface area contributed by atoms with E-state index in [0.717, 1.165) is 5.75 Å². The third-order valence-corrected chi connectivity index (χ3v) is 4.02. The first-order valence-corrected chi connectivity index (χ1v) is 7.71. The van der Waals surface area contributed by atoms with Gasteiger partial charge in [-0.1, -0.05) is 23.9 Å². The number of rotatable bonds is 5. The first kappa shape index (κ1) is 14.6. The Labute approximate surface area is 131 Å². The number of para-hydroxylation sites is 2. The molecule has 0 saturated heterocycles. The Morgan fingerprint density at radius 3 is 3.05 bits per heavy atom. The molecule has 1 aromatic carbocycles. The summed E-state index contributed by atoms with van der Waals surface area (Å²) in [5.74, 6) is 1.58. The molecule has 8 nitrogen and oxygen atoms in total. The summed E-state index contributed by atoms with van der Waals surface area (Å²) in [6.45, 7) is 0.808. The lowest BCUT2D eigenvalue weighted by Crippen LogP contribution is -2.41. The molecule has 116 valence electrons. The van der Waals surface area contributed by atoms with Crippen molar-refractivity contribution in [3.63, 3.8) is 0 Å². The van der Waals surface area contributed by atoms with E-state index in [9.17, 15) is 4.79 Å². The highest BCUT2D eigenvalue weighted by Gasteiger charge is 2.21. The minimum atomic E-state index is -0.194. The molecule has 3 rings (SSSR count). The summed E-state index contributed by atoms with van der Waals surface area (Å²) < 4.78 is 12.9. The van der Waals surface area contributed by atoms with Crippen LogP contribution in [0, 0.1) is 0 Å². The Morgan fingerprint density at radius 1 is 1.45 bits per heavy atom. The molecule has 9 heteroatoms. The molecule has 2 aromatic rings. The second-order valence-corrected chi connectivity index (χ2v) is 5.62. The fourth-order valence-electron chi connectivity index (χ4n) is 1.92. The number of ether oxygens (including phenoxy) is 2. The molecule has 1 aromatic heterocycles. The predicted octanol–water partition coefficient (Wildman–Crippen LogP) is 0.258. The fourth-order valence-corrected chi connectivity index (χ4v) is 2.60. The molecule has 2 heterocycles. The summed E-state index contributed by atoms with van der Waals surface area (Å²) in [6.07, 6.45) is -0.194. The van der Waals surface area contributed by atoms with Crippen molar-refractivity contribution in [2.75, 3.05) is 18.9 Å². The van der Waals surface area contributed by atoms with Crippen molar-refractivity contribution in [2.45, 2.75) is 11.3 Å². The second-order valence-electron chi connectivity index (χ2n) is 4.68. The van der Waals surface area contributed by atoms with Gasteiger partial charge in [0.25, 0.3) is 0 Å². The molecule has 0 radical (unpaired) electrons. The lowest BCUT2D eigenvalue weighted by Gasteiger charge is -2.26. The highest BCUT2D eigenvalue weighted by Crippen LogP contribution is 2.30. The number of amides is 1. The van der Waals surface area contributed by atoms with Crippen LogP contribution in [-0.2, 0) is 11.8 Å². The van der Waals surface area contributed by atoms with Gasteiger partial charge in [0, 0.05) is 7.05 Å². The van der Waals surface area contributed by atoms with Gasteiger partial charge in [-0.15, -0.1) is 5.10 Å². The number of carbonyl (C=O) groups excluding carboxylic acids is 1. The standard InChI is InChI=1S/C13H15N5O3S/c1-18-13(15-16-17-18)22-8-12(19)14-6-9-7-20-10-4-2-3-5-11(10)21-9/h2-5,9H,6-8H2,1H3,(H,14,19). The van der Waals surface area contributed by atoms with Gasteiger partial charge in [-0.3, -0.25) is 4.79 Å². The molecular formula is C13H15N5O3S. The summed E-state index contributed by atoms with van der Waals surface area (Å²) in [6, 6.07) is 7.48. The fraction of sp³-hybridized carbons (Fsp3) is 0.385. The zero-order valence-corrected chi connectivity index (χ0v) is 12.7. The van der Waals surface area contributed by atoms with Crippen molar-refractivity contribution >= 4 is 17.7 Å². The maximum atomic E-state index is 11.8. The highest BCUT2D eigenvalue weighted by molar-refractivity contribution is 7.99. The monoisotopic (exact) mass is 321 g/mol. The van der Waals surface area contributed by atoms with Crippen LogP contribution in [0.25, 0.3) is 0 Å². The topological polar surface area (TPSA) is 91.2 Å². The lowest BCUT2D eigenvalue weighted by molar-refractivity contribution is -0.119. The van der Waals surface area contributed by atoms with E-state index in [-0.39, 0.29) is 17.8 Å². The number of carbonyl (C=O) groups is 1. The number of hydrogen-bond acceptors (Lipinski definition) is 7. The Balaban J connectivity index is 1.43. The van der Waals surface area contributed by atoms with Crippen LogP contribution in [-0.4, -0.2) is 51.1 Å². The minimum absolute atomic E-state index is 0.101. The average Bonchev–Trinajstić information content (AvgIpc) is 2.96. The van der Waals surface area contributed by atoms with E-state index in [1.54, 1.807) is 7.05 Å². The van der Waals surface area contributed by atoms with Gasteiger partial charge in [-0.05, 0) is 22.6 Å². The molecule has 1 amide bonds. The Morgan fingerprint density at radius 2 is 2.27 bits per heavy atom. The van der Waals surface area contributed by atoms with Crippen molar-refractivity contribution in [3.05, 3.63) is 24.3 Å². The maximum absolute atomic E-state index is 11.8. The van der Waals surface area contributed by atoms with Crippen LogP contribution < -0.4 is 14.8 Å². The molecule has 1 atom stereocenters. The quantitative estimate of drug-likeness (QED) is 0.790. The normalized spacial score (nSPS) is 16.3. The van der Waals surface area contributed by atoms with Crippen LogP contribution >= 0.6 is 11.8 Å². The summed E-state index contributed by atoms with van der Waals surface area (Å²) in [4.78, 5) is 11.8. The number of thioether (sulfide) groups is 1. The summed E-state index contributed by atoms with van der Waals surface area (Å²) in [5.41, 5.74) is 0. The van der Waals surface area contributed by atoms with Gasteiger partial charge in [-0.25, -0.2) is 4.68 Å². The Hall–Kier alpha value is -2.29. The van der Waals surface area contributed by atoms with Crippen molar-refractivity contribution in [3.8, 4) is 11.5 Å². The van der Waals surface area contributed by atoms with E-state index >= 15 is 0 Å². The molecule has 0 aliphatic carbocycles. The Bertz CT molecular complexity index is 663. The Kier molecular flexibility index (Phi) is 4.42. The zero-order chi connectivity index (χ0) is 15.4. The molecule has 1 N–H and O–H groups in total. The molecule has 0 spiro atoms. The number of tetrazole rings is 1. The van der Waals surface area contributed by atoms with Crippen molar-refractivity contribution in [2.24, 2.45) is 7.05 Å². The summed E-state index contributed by atoms with van der Waals surface area (Å²) in [7, 11) is 1.73. The van der Waals surface area contributed by atoms with Gasteiger partial charge in [0.05, 0.1) is 12.3 Å². The van der Waals surface area contributed by atoms with Crippen LogP contribution in [0.3, 0.4) is 0 Å². The molecule has 0 saturated carbocycles. The van der Waals surface area contributed by atoms with Crippen LogP contribution in [0.4, 0.5) is 0 Å². The van der Waals surface area contributed by atoms with E-state index in [2.05, 4.69) is 20.8 Å². The number of fused-ring (bicyclic) bond motifs is 1. The molecule has 1 aliphatic heterocycles. The van der Waals surface area contributed by atoms with Crippen molar-refractivity contribution in [1.29, 1.82) is 0 Å². The van der Waals surface area contributed by atoms with E-state index in [1.165, 1.54) is 16.4 Å². The number of aromatic nitrogens is 4. The van der Waals surface area contributed by atoms with E-state index in [0.29, 0.717) is 24.1 Å². The second kappa shape index (κ2) is 6.65. The lowest BCUT2D eigenvalue weighted by atomic mass is 10.2. The number of nitrogens with zero attached hydrogens (tertiary/aromatic N) is 4. The first-order valence-electron chi connectivity index (χ1n) is 6.72. The van der Waals surface area contributed by atoms with E-state index in [1.807, 2.05) is 24.3 Å². The number of benzene rings is 1. The number of nitrogens with one attached hydrogen (secondary N) is 1. The van der Waals surface area contributed by atoms with Crippen LogP contribution in [0.5, 0.6) is 11.5 Å². The molecular weight excluding hydrogens is 306 g/mol. The average molecular weight is 321 g/mol. The van der Waals surface area contributed by atoms with E-state index in [4.69, 9.17) is 9.47 Å². The molecule has 0 bridgehead atoms. The van der Waals surface area contributed by atoms with Crippen LogP contribution in [0.1, 0.15) is 0 Å². The third-order valence-electron chi connectivity index (χ3n) is 3.01. The van der Waals surface area contributed by atoms with Crippen LogP contribution in [0.2, 0.25) is 0 Å². The van der Waals surface area contributed by atoms with Gasteiger partial charge in [0.1, 0.15) is 12.7 Å². The van der Waals surface area contributed by atoms with Gasteiger partial charge in [-0.2, -0.15) is 0 Å². The zero-order valence-electron chi connectivity index (χ0n) is 11.9. The van der Waals surface area contributed by atoms with Crippen molar-refractivity contribution in [1.82, 2.24) is 25.5 Å². The molecule has 1 unspecified atom stereocenters. The van der Waals surface area contributed by atoms with Gasteiger partial charge in [0.15, 0.2) is 11.5 Å². The van der Waals surface area contributed by atoms with Crippen molar-refractivity contribution < 1.29 is 14.3 Å². The first-order chi connectivity index (χ1) is 10.7. The van der Waals surface area contributed by atoms with Gasteiger partial charge >= 0.3 is 0 Å². The molecule has 1 aliphatic rings. The van der Waals surface area contributed by atoms with Gasteiger partial charge in [0.2, 0.25) is 11.1 Å². The third kappa shape index (κ3) is 3.48. The largest absolute Gasteiger partial charge is 0.486 e. The predicted molar refractivity (Wildman–Crippen MR) is 78.9 cm³/mol. The van der Waals surface area contributed by atoms with Gasteiger partial charge < -0.3 is 14.8 Å². The van der Waals surface area contributed by atoms with Crippen LogP contribution in [0.15, 0.2) is 29.4 Å². The minimum Gasteiger partial charge on any atom is -0.486 e. The molecule has 22 heavy (non-hydrogen) atoms. The van der Waals surface area contributed by atoms with E-state index < -0.39 is 0 Å². The number of aryl methyl sites for hydroxylation is 1. The summed E-state index contributed by atoms with van der Waals surface area (Å²) in [5, 5.41) is 14.4. The smallest absolute Gasteiger partial charge is 0.230 e. The maximum Gasteiger partial charge on any atom is 0.230 e.